The summed E-state index contributed by atoms with van der Waals surface area (Å²) in [5, 5.41) is 3.50. The highest BCUT2D eigenvalue weighted by atomic mass is 35.5. The summed E-state index contributed by atoms with van der Waals surface area (Å²) in [6.45, 7) is 5.32. The quantitative estimate of drug-likeness (QED) is 0.874. The van der Waals surface area contributed by atoms with Crippen LogP contribution in [-0.4, -0.2) is 48.9 Å². The van der Waals surface area contributed by atoms with Crippen molar-refractivity contribution >= 4 is 34.8 Å². The van der Waals surface area contributed by atoms with E-state index in [2.05, 4.69) is 22.2 Å². The van der Waals surface area contributed by atoms with E-state index in [0.717, 1.165) is 38.4 Å². The van der Waals surface area contributed by atoms with E-state index in [1.165, 1.54) is 5.56 Å². The predicted molar refractivity (Wildman–Crippen MR) is 104 cm³/mol. The molecule has 25 heavy (non-hydrogen) atoms. The third kappa shape index (κ3) is 4.73. The first-order valence-corrected chi connectivity index (χ1v) is 9.04. The SMILES string of the molecule is CN1CCN(Cc2ccc(NC(=O)c3cccc(Cl)c3Cl)cc2)CC1. The minimum Gasteiger partial charge on any atom is -0.322 e. The largest absolute Gasteiger partial charge is 0.322 e. The van der Waals surface area contributed by atoms with Crippen LogP contribution in [0, 0.1) is 0 Å². The normalized spacial score (nSPS) is 16.0. The van der Waals surface area contributed by atoms with Crippen LogP contribution in [0.15, 0.2) is 42.5 Å². The Morgan fingerprint density at radius 3 is 2.40 bits per heavy atom. The van der Waals surface area contributed by atoms with Gasteiger partial charge in [-0.25, -0.2) is 0 Å². The number of nitrogens with zero attached hydrogens (tertiary/aromatic N) is 2. The van der Waals surface area contributed by atoms with E-state index in [-0.39, 0.29) is 10.9 Å². The zero-order valence-corrected chi connectivity index (χ0v) is 15.6. The number of halogens is 2. The van der Waals surface area contributed by atoms with Gasteiger partial charge in [0.15, 0.2) is 0 Å². The molecule has 0 spiro atoms. The number of rotatable bonds is 4. The molecular formula is C19H21Cl2N3O. The summed E-state index contributed by atoms with van der Waals surface area (Å²) >= 11 is 12.1. The number of hydrogen-bond acceptors (Lipinski definition) is 3. The van der Waals surface area contributed by atoms with Crippen molar-refractivity contribution < 1.29 is 4.79 Å². The number of carbonyl (C=O) groups is 1. The standard InChI is InChI=1S/C19H21Cl2N3O/c1-23-9-11-24(12-10-23)13-14-5-7-15(8-6-14)22-19(25)16-3-2-4-17(20)18(16)21/h2-8H,9-13H2,1H3,(H,22,25). The lowest BCUT2D eigenvalue weighted by atomic mass is 10.1. The number of hydrogen-bond donors (Lipinski definition) is 1. The molecule has 0 saturated carbocycles. The fraction of sp³-hybridized carbons (Fsp3) is 0.316. The van der Waals surface area contributed by atoms with Gasteiger partial charge >= 0.3 is 0 Å². The molecule has 132 valence electrons. The van der Waals surface area contributed by atoms with Gasteiger partial charge in [-0.2, -0.15) is 0 Å². The van der Waals surface area contributed by atoms with Gasteiger partial charge in [-0.3, -0.25) is 9.69 Å². The molecule has 0 radical (unpaired) electrons. The minimum atomic E-state index is -0.265. The number of amides is 1. The zero-order chi connectivity index (χ0) is 17.8. The van der Waals surface area contributed by atoms with Gasteiger partial charge < -0.3 is 10.2 Å². The van der Waals surface area contributed by atoms with E-state index in [1.54, 1.807) is 18.2 Å². The van der Waals surface area contributed by atoms with E-state index in [4.69, 9.17) is 23.2 Å². The van der Waals surface area contributed by atoms with Gasteiger partial charge in [-0.1, -0.05) is 41.4 Å². The molecule has 1 aliphatic rings. The Bertz CT molecular complexity index is 741. The summed E-state index contributed by atoms with van der Waals surface area (Å²) in [6.07, 6.45) is 0. The van der Waals surface area contributed by atoms with E-state index >= 15 is 0 Å². The fourth-order valence-electron chi connectivity index (χ4n) is 2.84. The molecule has 0 bridgehead atoms. The molecular weight excluding hydrogens is 357 g/mol. The van der Waals surface area contributed by atoms with Crippen molar-refractivity contribution in [3.63, 3.8) is 0 Å². The van der Waals surface area contributed by atoms with Crippen LogP contribution in [0.2, 0.25) is 10.0 Å². The fourth-order valence-corrected chi connectivity index (χ4v) is 3.22. The Kier molecular flexibility index (Phi) is 5.97. The van der Waals surface area contributed by atoms with Gasteiger partial charge in [0.1, 0.15) is 0 Å². The average Bonchev–Trinajstić information content (AvgIpc) is 2.61. The van der Waals surface area contributed by atoms with E-state index < -0.39 is 0 Å². The van der Waals surface area contributed by atoms with Gasteiger partial charge in [-0.05, 0) is 36.9 Å². The Morgan fingerprint density at radius 1 is 1.04 bits per heavy atom. The molecule has 0 aromatic heterocycles. The van der Waals surface area contributed by atoms with Crippen molar-refractivity contribution in [1.82, 2.24) is 9.80 Å². The summed E-state index contributed by atoms with van der Waals surface area (Å²) in [6, 6.07) is 13.0. The molecule has 0 aliphatic carbocycles. The summed E-state index contributed by atoms with van der Waals surface area (Å²) in [5.41, 5.74) is 2.35. The van der Waals surface area contributed by atoms with Crippen molar-refractivity contribution in [3.8, 4) is 0 Å². The van der Waals surface area contributed by atoms with Crippen LogP contribution in [0.3, 0.4) is 0 Å². The second-order valence-electron chi connectivity index (χ2n) is 6.33. The van der Waals surface area contributed by atoms with Crippen molar-refractivity contribution in [2.24, 2.45) is 0 Å². The molecule has 1 N–H and O–H groups in total. The first kappa shape index (κ1) is 18.2. The first-order valence-electron chi connectivity index (χ1n) is 8.28. The molecule has 0 unspecified atom stereocenters. The third-order valence-electron chi connectivity index (χ3n) is 4.41. The van der Waals surface area contributed by atoms with Gasteiger partial charge in [-0.15, -0.1) is 0 Å². The molecule has 2 aromatic carbocycles. The number of benzene rings is 2. The van der Waals surface area contributed by atoms with Crippen LogP contribution in [-0.2, 0) is 6.54 Å². The van der Waals surface area contributed by atoms with Crippen molar-refractivity contribution in [2.45, 2.75) is 6.54 Å². The van der Waals surface area contributed by atoms with Gasteiger partial charge in [0.2, 0.25) is 0 Å². The summed E-state index contributed by atoms with van der Waals surface area (Å²) in [7, 11) is 2.15. The highest BCUT2D eigenvalue weighted by Crippen LogP contribution is 2.26. The Balaban J connectivity index is 1.60. The first-order chi connectivity index (χ1) is 12.0. The highest BCUT2D eigenvalue weighted by Gasteiger charge is 2.15. The maximum atomic E-state index is 12.4. The van der Waals surface area contributed by atoms with E-state index in [9.17, 15) is 4.79 Å². The maximum Gasteiger partial charge on any atom is 0.257 e. The molecule has 6 heteroatoms. The lowest BCUT2D eigenvalue weighted by molar-refractivity contribution is 0.102. The summed E-state index contributed by atoms with van der Waals surface area (Å²) in [5.74, 6) is -0.265. The minimum absolute atomic E-state index is 0.265. The van der Waals surface area contributed by atoms with Crippen LogP contribution in [0.5, 0.6) is 0 Å². The molecule has 1 heterocycles. The third-order valence-corrected chi connectivity index (χ3v) is 5.23. The predicted octanol–water partition coefficient (Wildman–Crippen LogP) is 3.99. The van der Waals surface area contributed by atoms with Crippen LogP contribution in [0.4, 0.5) is 5.69 Å². The Morgan fingerprint density at radius 2 is 1.72 bits per heavy atom. The second kappa shape index (κ2) is 8.19. The van der Waals surface area contributed by atoms with Gasteiger partial charge in [0.25, 0.3) is 5.91 Å². The van der Waals surface area contributed by atoms with Crippen molar-refractivity contribution in [1.29, 1.82) is 0 Å². The van der Waals surface area contributed by atoms with E-state index in [1.807, 2.05) is 24.3 Å². The van der Waals surface area contributed by atoms with Crippen LogP contribution < -0.4 is 5.32 Å². The van der Waals surface area contributed by atoms with Crippen LogP contribution in [0.1, 0.15) is 15.9 Å². The number of likely N-dealkylation sites (N-methyl/N-ethyl adjacent to an activating group) is 1. The Hall–Kier alpha value is -1.59. The molecule has 3 rings (SSSR count). The lowest BCUT2D eigenvalue weighted by Crippen LogP contribution is -2.43. The Labute approximate surface area is 158 Å². The molecule has 4 nitrogen and oxygen atoms in total. The lowest BCUT2D eigenvalue weighted by Gasteiger charge is -2.32. The average molecular weight is 378 g/mol. The second-order valence-corrected chi connectivity index (χ2v) is 7.12. The number of nitrogens with one attached hydrogen (secondary N) is 1. The molecule has 1 amide bonds. The summed E-state index contributed by atoms with van der Waals surface area (Å²) in [4.78, 5) is 17.1. The molecule has 1 aliphatic heterocycles. The smallest absolute Gasteiger partial charge is 0.257 e. The highest BCUT2D eigenvalue weighted by molar-refractivity contribution is 6.44. The number of piperazine rings is 1. The molecule has 2 aromatic rings. The van der Waals surface area contributed by atoms with Gasteiger partial charge in [0.05, 0.1) is 15.6 Å². The van der Waals surface area contributed by atoms with Crippen LogP contribution >= 0.6 is 23.2 Å². The number of carbonyl (C=O) groups excluding carboxylic acids is 1. The van der Waals surface area contributed by atoms with Crippen molar-refractivity contribution in [3.05, 3.63) is 63.6 Å². The zero-order valence-electron chi connectivity index (χ0n) is 14.1. The van der Waals surface area contributed by atoms with Crippen molar-refractivity contribution in [2.75, 3.05) is 38.5 Å². The van der Waals surface area contributed by atoms with Gasteiger partial charge in [0, 0.05) is 38.4 Å². The topological polar surface area (TPSA) is 35.6 Å². The molecule has 1 saturated heterocycles. The summed E-state index contributed by atoms with van der Waals surface area (Å²) < 4.78 is 0. The monoisotopic (exact) mass is 377 g/mol. The maximum absolute atomic E-state index is 12.4. The molecule has 1 fully saturated rings. The van der Waals surface area contributed by atoms with Crippen LogP contribution in [0.25, 0.3) is 0 Å². The van der Waals surface area contributed by atoms with E-state index in [0.29, 0.717) is 10.6 Å². The molecule has 0 atom stereocenters. The number of anilines is 1.